The second-order valence-electron chi connectivity index (χ2n) is 3.97. The van der Waals surface area contributed by atoms with Crippen LogP contribution >= 0.6 is 0 Å². The van der Waals surface area contributed by atoms with Crippen LogP contribution in [0.25, 0.3) is 0 Å². The van der Waals surface area contributed by atoms with Crippen LogP contribution in [0.5, 0.6) is 5.75 Å². The Labute approximate surface area is 107 Å². The van der Waals surface area contributed by atoms with E-state index >= 15 is 0 Å². The number of ether oxygens (including phenoxy) is 1. The number of benzene rings is 1. The summed E-state index contributed by atoms with van der Waals surface area (Å²) in [6.07, 6.45) is -3.15. The molecule has 0 saturated carbocycles. The molecule has 7 heteroatoms. The van der Waals surface area contributed by atoms with Crippen LogP contribution in [0.1, 0.15) is 11.3 Å². The lowest BCUT2D eigenvalue weighted by Gasteiger charge is -2.07. The average Bonchev–Trinajstić information content (AvgIpc) is 2.77. The lowest BCUT2D eigenvalue weighted by Crippen LogP contribution is -2.08. The molecule has 0 aliphatic rings. The van der Waals surface area contributed by atoms with E-state index in [0.29, 0.717) is 11.4 Å². The average molecular weight is 271 g/mol. The molecule has 0 bridgehead atoms. The third-order valence-corrected chi connectivity index (χ3v) is 2.57. The number of methoxy groups -OCH3 is 1. The van der Waals surface area contributed by atoms with Crippen molar-refractivity contribution < 1.29 is 17.9 Å². The van der Waals surface area contributed by atoms with E-state index in [1.54, 1.807) is 18.2 Å². The normalized spacial score (nSPS) is 11.6. The van der Waals surface area contributed by atoms with Crippen LogP contribution in [-0.4, -0.2) is 16.9 Å². The Hall–Kier alpha value is -2.18. The Morgan fingerprint density at radius 3 is 2.58 bits per heavy atom. The number of hydrogen-bond donors (Lipinski definition) is 1. The molecule has 2 rings (SSSR count). The van der Waals surface area contributed by atoms with Crippen molar-refractivity contribution in [2.24, 2.45) is 0 Å². The molecule has 0 spiro atoms. The highest BCUT2D eigenvalue weighted by Crippen LogP contribution is 2.27. The Morgan fingerprint density at radius 2 is 2.05 bits per heavy atom. The van der Waals surface area contributed by atoms with Crippen molar-refractivity contribution in [3.05, 3.63) is 41.7 Å². The van der Waals surface area contributed by atoms with E-state index in [9.17, 15) is 13.2 Å². The van der Waals surface area contributed by atoms with Crippen molar-refractivity contribution >= 4 is 5.69 Å². The van der Waals surface area contributed by atoms with E-state index in [0.717, 1.165) is 11.6 Å². The van der Waals surface area contributed by atoms with Crippen molar-refractivity contribution in [2.45, 2.75) is 12.7 Å². The Kier molecular flexibility index (Phi) is 3.37. The third kappa shape index (κ3) is 2.98. The lowest BCUT2D eigenvalue weighted by molar-refractivity contribution is -0.141. The second-order valence-corrected chi connectivity index (χ2v) is 3.97. The number of hydrogen-bond acceptors (Lipinski definition) is 3. The summed E-state index contributed by atoms with van der Waals surface area (Å²) in [6.45, 7) is 0.213. The molecule has 102 valence electrons. The van der Waals surface area contributed by atoms with Gasteiger partial charge in [0, 0.05) is 6.20 Å². The molecular weight excluding hydrogens is 259 g/mol. The van der Waals surface area contributed by atoms with Gasteiger partial charge >= 0.3 is 6.18 Å². The van der Waals surface area contributed by atoms with Crippen molar-refractivity contribution in [1.82, 2.24) is 9.78 Å². The van der Waals surface area contributed by atoms with Gasteiger partial charge in [0.15, 0.2) is 5.69 Å². The molecule has 1 aromatic heterocycles. The van der Waals surface area contributed by atoms with E-state index < -0.39 is 11.9 Å². The summed E-state index contributed by atoms with van der Waals surface area (Å²) in [5, 5.41) is 3.47. The first-order chi connectivity index (χ1) is 8.90. The van der Waals surface area contributed by atoms with Crippen molar-refractivity contribution in [1.29, 1.82) is 0 Å². The minimum absolute atomic E-state index is 0.213. The SMILES string of the molecule is COc1ccc(Cn2ccc(C(F)(F)F)n2)cc1N. The predicted molar refractivity (Wildman–Crippen MR) is 63.7 cm³/mol. The van der Waals surface area contributed by atoms with Crippen LogP contribution in [0.15, 0.2) is 30.5 Å². The molecule has 0 aliphatic heterocycles. The minimum atomic E-state index is -4.43. The quantitative estimate of drug-likeness (QED) is 0.873. The molecule has 0 aliphatic carbocycles. The highest BCUT2D eigenvalue weighted by atomic mass is 19.4. The minimum Gasteiger partial charge on any atom is -0.495 e. The molecule has 0 radical (unpaired) electrons. The van der Waals surface area contributed by atoms with E-state index in [1.165, 1.54) is 18.0 Å². The summed E-state index contributed by atoms with van der Waals surface area (Å²) in [6, 6.07) is 5.98. The Bertz CT molecular complexity index is 578. The summed E-state index contributed by atoms with van der Waals surface area (Å²) in [7, 11) is 1.49. The number of nitrogens with zero attached hydrogens (tertiary/aromatic N) is 2. The first-order valence-electron chi connectivity index (χ1n) is 5.43. The standard InChI is InChI=1S/C12H12F3N3O/c1-19-10-3-2-8(6-9(10)16)7-18-5-4-11(17-18)12(13,14)15/h2-6H,7,16H2,1H3. The molecular formula is C12H12F3N3O. The molecule has 1 heterocycles. The van der Waals surface area contributed by atoms with E-state index in [2.05, 4.69) is 5.10 Å². The maximum atomic E-state index is 12.4. The fourth-order valence-corrected chi connectivity index (χ4v) is 1.67. The van der Waals surface area contributed by atoms with Gasteiger partial charge in [0.25, 0.3) is 0 Å². The summed E-state index contributed by atoms with van der Waals surface area (Å²) in [5.74, 6) is 0.528. The largest absolute Gasteiger partial charge is 0.495 e. The highest BCUT2D eigenvalue weighted by molar-refractivity contribution is 5.54. The molecule has 0 atom stereocenters. The predicted octanol–water partition coefficient (Wildman–Crippen LogP) is 2.54. The summed E-state index contributed by atoms with van der Waals surface area (Å²) in [5.41, 5.74) is 6.00. The molecule has 0 unspecified atom stereocenters. The number of aromatic nitrogens is 2. The number of alkyl halides is 3. The van der Waals surface area contributed by atoms with Gasteiger partial charge in [-0.25, -0.2) is 0 Å². The highest BCUT2D eigenvalue weighted by Gasteiger charge is 2.33. The first-order valence-corrected chi connectivity index (χ1v) is 5.43. The van der Waals surface area contributed by atoms with Crippen molar-refractivity contribution in [3.63, 3.8) is 0 Å². The maximum absolute atomic E-state index is 12.4. The summed E-state index contributed by atoms with van der Waals surface area (Å²) >= 11 is 0. The van der Waals surface area contributed by atoms with Crippen LogP contribution in [0, 0.1) is 0 Å². The first kappa shape index (κ1) is 13.3. The maximum Gasteiger partial charge on any atom is 0.435 e. The van der Waals surface area contributed by atoms with Gasteiger partial charge in [-0.2, -0.15) is 18.3 Å². The zero-order valence-electron chi connectivity index (χ0n) is 10.1. The third-order valence-electron chi connectivity index (χ3n) is 2.57. The van der Waals surface area contributed by atoms with Gasteiger partial charge in [-0.05, 0) is 23.8 Å². The van der Waals surface area contributed by atoms with Gasteiger partial charge in [0.2, 0.25) is 0 Å². The monoisotopic (exact) mass is 271 g/mol. The topological polar surface area (TPSA) is 53.1 Å². The zero-order valence-corrected chi connectivity index (χ0v) is 10.1. The van der Waals surface area contributed by atoms with Gasteiger partial charge < -0.3 is 10.5 Å². The van der Waals surface area contributed by atoms with E-state index in [-0.39, 0.29) is 6.54 Å². The van der Waals surface area contributed by atoms with Crippen molar-refractivity contribution in [2.75, 3.05) is 12.8 Å². The molecule has 4 nitrogen and oxygen atoms in total. The fourth-order valence-electron chi connectivity index (χ4n) is 1.67. The molecule has 0 amide bonds. The van der Waals surface area contributed by atoms with E-state index in [4.69, 9.17) is 10.5 Å². The van der Waals surface area contributed by atoms with E-state index in [1.807, 2.05) is 0 Å². The molecule has 2 aromatic rings. The second kappa shape index (κ2) is 4.83. The van der Waals surface area contributed by atoms with Crippen LogP contribution in [0.4, 0.5) is 18.9 Å². The molecule has 2 N–H and O–H groups in total. The van der Waals surface area contributed by atoms with Gasteiger partial charge in [0.1, 0.15) is 5.75 Å². The van der Waals surface area contributed by atoms with Crippen LogP contribution in [0.3, 0.4) is 0 Å². The van der Waals surface area contributed by atoms with Crippen molar-refractivity contribution in [3.8, 4) is 5.75 Å². The molecule has 0 fully saturated rings. The van der Waals surface area contributed by atoms with Gasteiger partial charge in [-0.1, -0.05) is 6.07 Å². The number of nitrogen functional groups attached to an aromatic ring is 1. The fraction of sp³-hybridized carbons (Fsp3) is 0.250. The van der Waals surface area contributed by atoms with Gasteiger partial charge in [-0.15, -0.1) is 0 Å². The van der Waals surface area contributed by atoms with Gasteiger partial charge in [0.05, 0.1) is 19.3 Å². The summed E-state index contributed by atoms with van der Waals surface area (Å²) < 4.78 is 43.4. The summed E-state index contributed by atoms with van der Waals surface area (Å²) in [4.78, 5) is 0. The molecule has 1 aromatic carbocycles. The smallest absolute Gasteiger partial charge is 0.435 e. The van der Waals surface area contributed by atoms with Crippen LogP contribution < -0.4 is 10.5 Å². The Morgan fingerprint density at radius 1 is 1.32 bits per heavy atom. The van der Waals surface area contributed by atoms with Gasteiger partial charge in [-0.3, -0.25) is 4.68 Å². The number of rotatable bonds is 3. The van der Waals surface area contributed by atoms with Crippen LogP contribution in [0.2, 0.25) is 0 Å². The molecule has 19 heavy (non-hydrogen) atoms. The molecule has 0 saturated heterocycles. The van der Waals surface area contributed by atoms with Crippen LogP contribution in [-0.2, 0) is 12.7 Å². The Balaban J connectivity index is 2.17. The number of nitrogens with two attached hydrogens (primary N) is 1. The number of anilines is 1. The lowest BCUT2D eigenvalue weighted by atomic mass is 10.2. The zero-order chi connectivity index (χ0) is 14.0. The number of halogens is 3.